The maximum absolute atomic E-state index is 12.5. The highest BCUT2D eigenvalue weighted by Crippen LogP contribution is 2.21. The van der Waals surface area contributed by atoms with E-state index in [1.54, 1.807) is 6.07 Å². The topological polar surface area (TPSA) is 58.7 Å². The average Bonchev–Trinajstić information content (AvgIpc) is 2.38. The number of halogens is 2. The molecule has 0 fully saturated rings. The van der Waals surface area contributed by atoms with Gasteiger partial charge in [0.15, 0.2) is 0 Å². The molecule has 0 saturated heterocycles. The fourth-order valence-corrected chi connectivity index (χ4v) is 1.89. The van der Waals surface area contributed by atoms with Gasteiger partial charge in [-0.2, -0.15) is 0 Å². The van der Waals surface area contributed by atoms with Crippen LogP contribution >= 0.6 is 0 Å². The van der Waals surface area contributed by atoms with Crippen LogP contribution in [0.1, 0.15) is 11.1 Å². The predicted molar refractivity (Wildman–Crippen MR) is 69.3 cm³/mol. The van der Waals surface area contributed by atoms with Crippen molar-refractivity contribution in [2.24, 2.45) is 5.73 Å². The third-order valence-electron chi connectivity index (χ3n) is 2.79. The van der Waals surface area contributed by atoms with Crippen molar-refractivity contribution in [3.8, 4) is 5.75 Å². The fourth-order valence-electron chi connectivity index (χ4n) is 1.89. The van der Waals surface area contributed by atoms with Gasteiger partial charge in [-0.1, -0.05) is 6.07 Å². The van der Waals surface area contributed by atoms with Gasteiger partial charge in [-0.15, -0.1) is 0 Å². The van der Waals surface area contributed by atoms with E-state index < -0.39 is 6.43 Å². The molecule has 3 N–H and O–H groups in total. The van der Waals surface area contributed by atoms with Crippen molar-refractivity contribution in [3.05, 3.63) is 29.3 Å². The van der Waals surface area contributed by atoms with Crippen LogP contribution in [0.4, 0.5) is 8.78 Å². The molecular weight excluding hydrogens is 254 g/mol. The lowest BCUT2D eigenvalue weighted by molar-refractivity contribution is 0.0742. The third-order valence-corrected chi connectivity index (χ3v) is 2.79. The standard InChI is InChI=1S/C13H20F2N2O2/c1-19-12-3-2-10(7-16)6-11(12)8-17(4-5-18)9-13(14)15/h2-3,6,13,18H,4-5,7-9,16H2,1H3. The maximum Gasteiger partial charge on any atom is 0.251 e. The highest BCUT2D eigenvalue weighted by atomic mass is 19.3. The summed E-state index contributed by atoms with van der Waals surface area (Å²) in [6, 6.07) is 5.46. The van der Waals surface area contributed by atoms with E-state index >= 15 is 0 Å². The van der Waals surface area contributed by atoms with Gasteiger partial charge < -0.3 is 15.6 Å². The van der Waals surface area contributed by atoms with Gasteiger partial charge in [0.2, 0.25) is 0 Å². The molecule has 0 aliphatic carbocycles. The van der Waals surface area contributed by atoms with Crippen molar-refractivity contribution in [2.45, 2.75) is 19.5 Å². The molecule has 0 radical (unpaired) electrons. The summed E-state index contributed by atoms with van der Waals surface area (Å²) in [6.07, 6.45) is -2.43. The second-order valence-electron chi connectivity index (χ2n) is 4.20. The Morgan fingerprint density at radius 3 is 2.68 bits per heavy atom. The zero-order chi connectivity index (χ0) is 14.3. The molecule has 0 bridgehead atoms. The number of rotatable bonds is 8. The third kappa shape index (κ3) is 5.10. The van der Waals surface area contributed by atoms with Crippen LogP contribution in [0.15, 0.2) is 18.2 Å². The molecular formula is C13H20F2N2O2. The van der Waals surface area contributed by atoms with E-state index in [0.29, 0.717) is 18.8 Å². The molecule has 0 aromatic heterocycles. The van der Waals surface area contributed by atoms with Gasteiger partial charge in [0, 0.05) is 25.2 Å². The van der Waals surface area contributed by atoms with Crippen molar-refractivity contribution < 1.29 is 18.6 Å². The van der Waals surface area contributed by atoms with E-state index in [1.165, 1.54) is 12.0 Å². The van der Waals surface area contributed by atoms with E-state index in [2.05, 4.69) is 0 Å². The van der Waals surface area contributed by atoms with Crippen molar-refractivity contribution >= 4 is 0 Å². The quantitative estimate of drug-likeness (QED) is 0.748. The monoisotopic (exact) mass is 274 g/mol. The van der Waals surface area contributed by atoms with Crippen LogP contribution in [0.5, 0.6) is 5.75 Å². The lowest BCUT2D eigenvalue weighted by atomic mass is 10.1. The van der Waals surface area contributed by atoms with Crippen LogP contribution in [0.3, 0.4) is 0 Å². The van der Waals surface area contributed by atoms with E-state index in [4.69, 9.17) is 15.6 Å². The number of ether oxygens (including phenoxy) is 1. The van der Waals surface area contributed by atoms with Crippen molar-refractivity contribution in [2.75, 3.05) is 26.8 Å². The molecule has 1 rings (SSSR count). The lowest BCUT2D eigenvalue weighted by Crippen LogP contribution is -2.31. The van der Waals surface area contributed by atoms with Crippen molar-refractivity contribution in [1.29, 1.82) is 0 Å². The van der Waals surface area contributed by atoms with E-state index in [-0.39, 0.29) is 19.7 Å². The van der Waals surface area contributed by atoms with Gasteiger partial charge in [-0.25, -0.2) is 8.78 Å². The first-order chi connectivity index (χ1) is 9.10. The molecule has 108 valence electrons. The van der Waals surface area contributed by atoms with Crippen LogP contribution < -0.4 is 10.5 Å². The average molecular weight is 274 g/mol. The number of methoxy groups -OCH3 is 1. The molecule has 0 aliphatic heterocycles. The number of hydrogen-bond acceptors (Lipinski definition) is 4. The number of benzene rings is 1. The lowest BCUT2D eigenvalue weighted by Gasteiger charge is -2.22. The fraction of sp³-hybridized carbons (Fsp3) is 0.538. The zero-order valence-corrected chi connectivity index (χ0v) is 11.0. The summed E-state index contributed by atoms with van der Waals surface area (Å²) < 4.78 is 30.1. The smallest absolute Gasteiger partial charge is 0.251 e. The minimum Gasteiger partial charge on any atom is -0.496 e. The van der Waals surface area contributed by atoms with Crippen molar-refractivity contribution in [3.63, 3.8) is 0 Å². The molecule has 4 nitrogen and oxygen atoms in total. The van der Waals surface area contributed by atoms with Crippen LogP contribution in [0.2, 0.25) is 0 Å². The SMILES string of the molecule is COc1ccc(CN)cc1CN(CCO)CC(F)F. The van der Waals surface area contributed by atoms with Gasteiger partial charge in [-0.3, -0.25) is 4.90 Å². The van der Waals surface area contributed by atoms with Gasteiger partial charge in [0.05, 0.1) is 20.3 Å². The summed E-state index contributed by atoms with van der Waals surface area (Å²) in [5, 5.41) is 8.92. The van der Waals surface area contributed by atoms with Crippen LogP contribution in [-0.4, -0.2) is 43.2 Å². The number of aliphatic hydroxyl groups is 1. The molecule has 0 saturated carbocycles. The van der Waals surface area contributed by atoms with Gasteiger partial charge in [-0.05, 0) is 17.7 Å². The van der Waals surface area contributed by atoms with Crippen LogP contribution in [-0.2, 0) is 13.1 Å². The Labute approximate surface area is 111 Å². The summed E-state index contributed by atoms with van der Waals surface area (Å²) in [6.45, 7) is 0.330. The highest BCUT2D eigenvalue weighted by molar-refractivity contribution is 5.37. The Morgan fingerprint density at radius 1 is 1.42 bits per heavy atom. The first kappa shape index (κ1) is 15.8. The Hall–Kier alpha value is -1.24. The molecule has 1 aromatic rings. The summed E-state index contributed by atoms with van der Waals surface area (Å²) in [5.41, 5.74) is 7.27. The number of nitrogens with zero attached hydrogens (tertiary/aromatic N) is 1. The van der Waals surface area contributed by atoms with Crippen LogP contribution in [0.25, 0.3) is 0 Å². The number of aliphatic hydroxyl groups excluding tert-OH is 1. The Bertz CT molecular complexity index is 389. The zero-order valence-electron chi connectivity index (χ0n) is 11.0. The predicted octanol–water partition coefficient (Wildman–Crippen LogP) is 1.21. The first-order valence-electron chi connectivity index (χ1n) is 6.08. The second-order valence-corrected chi connectivity index (χ2v) is 4.20. The minimum atomic E-state index is -2.43. The summed E-state index contributed by atoms with van der Waals surface area (Å²) in [7, 11) is 1.53. The van der Waals surface area contributed by atoms with Crippen LogP contribution in [0, 0.1) is 0 Å². The summed E-state index contributed by atoms with van der Waals surface area (Å²) >= 11 is 0. The summed E-state index contributed by atoms with van der Waals surface area (Å²) in [4.78, 5) is 1.49. The number of alkyl halides is 2. The molecule has 0 heterocycles. The van der Waals surface area contributed by atoms with E-state index in [0.717, 1.165) is 11.1 Å². The largest absolute Gasteiger partial charge is 0.496 e. The highest BCUT2D eigenvalue weighted by Gasteiger charge is 2.14. The number of hydrogen-bond donors (Lipinski definition) is 2. The second kappa shape index (κ2) is 8.04. The normalized spacial score (nSPS) is 11.3. The van der Waals surface area contributed by atoms with E-state index in [1.807, 2.05) is 12.1 Å². The van der Waals surface area contributed by atoms with E-state index in [9.17, 15) is 8.78 Å². The molecule has 1 aromatic carbocycles. The molecule has 0 spiro atoms. The maximum atomic E-state index is 12.5. The molecule has 0 aliphatic rings. The summed E-state index contributed by atoms with van der Waals surface area (Å²) in [5.74, 6) is 0.634. The molecule has 6 heteroatoms. The Kier molecular flexibility index (Phi) is 6.69. The van der Waals surface area contributed by atoms with Gasteiger partial charge >= 0.3 is 0 Å². The number of nitrogens with two attached hydrogens (primary N) is 1. The molecule has 0 amide bonds. The Morgan fingerprint density at radius 2 is 2.16 bits per heavy atom. The van der Waals surface area contributed by atoms with Gasteiger partial charge in [0.25, 0.3) is 6.43 Å². The first-order valence-corrected chi connectivity index (χ1v) is 6.08. The molecule has 0 unspecified atom stereocenters. The Balaban J connectivity index is 2.86. The van der Waals surface area contributed by atoms with Crippen molar-refractivity contribution in [1.82, 2.24) is 4.90 Å². The van der Waals surface area contributed by atoms with Gasteiger partial charge in [0.1, 0.15) is 5.75 Å². The molecule has 0 atom stereocenters. The minimum absolute atomic E-state index is 0.161. The molecule has 19 heavy (non-hydrogen) atoms.